The number of hydrogen-bond donors (Lipinski definition) is 2. The minimum atomic E-state index is -0.989. The van der Waals surface area contributed by atoms with Crippen LogP contribution in [-0.4, -0.2) is 16.1 Å². The molecular formula is C21H36ClNO2. The third kappa shape index (κ3) is 9.94. The van der Waals surface area contributed by atoms with Gasteiger partial charge in [0.05, 0.1) is 5.02 Å². The third-order valence-corrected chi connectivity index (χ3v) is 5.34. The maximum atomic E-state index is 10.9. The summed E-state index contributed by atoms with van der Waals surface area (Å²) in [6.45, 7) is 2.27. The quantitative estimate of drug-likeness (QED) is 0.298. The Hall–Kier alpha value is -0.960. The lowest BCUT2D eigenvalue weighted by molar-refractivity contribution is 0.0691. The van der Waals surface area contributed by atoms with E-state index in [0.29, 0.717) is 5.02 Å². The number of H-pyrrole nitrogens is 1. The molecule has 144 valence electrons. The molecule has 4 heteroatoms. The summed E-state index contributed by atoms with van der Waals surface area (Å²) in [6.07, 6.45) is 21.4. The monoisotopic (exact) mass is 369 g/mol. The molecule has 0 aliphatic rings. The molecule has 1 rings (SSSR count). The molecule has 0 atom stereocenters. The van der Waals surface area contributed by atoms with Crippen molar-refractivity contribution in [3.8, 4) is 0 Å². The van der Waals surface area contributed by atoms with Crippen molar-refractivity contribution in [3.05, 3.63) is 22.5 Å². The first-order valence-electron chi connectivity index (χ1n) is 10.3. The smallest absolute Gasteiger partial charge is 0.353 e. The summed E-state index contributed by atoms with van der Waals surface area (Å²) in [5.41, 5.74) is 1.04. The van der Waals surface area contributed by atoms with Gasteiger partial charge in [-0.25, -0.2) is 4.79 Å². The largest absolute Gasteiger partial charge is 0.477 e. The lowest BCUT2D eigenvalue weighted by Gasteiger charge is -2.03. The Balaban J connectivity index is 1.88. The number of aromatic nitrogens is 1. The summed E-state index contributed by atoms with van der Waals surface area (Å²) in [5, 5.41) is 9.33. The van der Waals surface area contributed by atoms with Crippen LogP contribution in [0.15, 0.2) is 6.20 Å². The molecule has 1 aromatic rings. The first-order chi connectivity index (χ1) is 12.2. The SMILES string of the molecule is CCCCCCCCCCCCCCCCc1c[nH]c(C(=O)O)c1Cl. The van der Waals surface area contributed by atoms with Crippen LogP contribution < -0.4 is 0 Å². The lowest BCUT2D eigenvalue weighted by Crippen LogP contribution is -1.96. The summed E-state index contributed by atoms with van der Waals surface area (Å²) < 4.78 is 0. The van der Waals surface area contributed by atoms with Gasteiger partial charge in [-0.3, -0.25) is 0 Å². The fourth-order valence-electron chi connectivity index (χ4n) is 3.29. The molecular weight excluding hydrogens is 334 g/mol. The number of rotatable bonds is 16. The zero-order valence-corrected chi connectivity index (χ0v) is 16.7. The van der Waals surface area contributed by atoms with Crippen LogP contribution in [0.4, 0.5) is 0 Å². The minimum Gasteiger partial charge on any atom is -0.477 e. The standard InChI is InChI=1S/C21H36ClNO2/c1-2-3-4-5-6-7-8-9-10-11-12-13-14-15-16-18-17-23-20(19(18)22)21(24)25/h17,23H,2-16H2,1H3,(H,24,25). The molecule has 2 N–H and O–H groups in total. The molecule has 0 spiro atoms. The molecule has 0 aromatic carbocycles. The van der Waals surface area contributed by atoms with Crippen LogP contribution in [0.5, 0.6) is 0 Å². The second-order valence-corrected chi connectivity index (χ2v) is 7.53. The fraction of sp³-hybridized carbons (Fsp3) is 0.762. The number of halogens is 1. The highest BCUT2D eigenvalue weighted by atomic mass is 35.5. The number of carboxylic acids is 1. The van der Waals surface area contributed by atoms with Gasteiger partial charge in [-0.05, 0) is 18.4 Å². The first kappa shape index (κ1) is 22.1. The Morgan fingerprint density at radius 1 is 0.880 bits per heavy atom. The van der Waals surface area contributed by atoms with Crippen molar-refractivity contribution in [2.45, 2.75) is 103 Å². The number of carbonyl (C=O) groups is 1. The number of nitrogens with one attached hydrogen (secondary N) is 1. The summed E-state index contributed by atoms with van der Waals surface area (Å²) >= 11 is 6.07. The van der Waals surface area contributed by atoms with Crippen LogP contribution in [0, 0.1) is 0 Å². The van der Waals surface area contributed by atoms with Crippen molar-refractivity contribution in [2.75, 3.05) is 0 Å². The molecule has 3 nitrogen and oxygen atoms in total. The Morgan fingerprint density at radius 2 is 1.32 bits per heavy atom. The van der Waals surface area contributed by atoms with Gasteiger partial charge >= 0.3 is 5.97 Å². The van der Waals surface area contributed by atoms with Crippen LogP contribution in [0.3, 0.4) is 0 Å². The molecule has 0 aliphatic carbocycles. The lowest BCUT2D eigenvalue weighted by atomic mass is 10.0. The van der Waals surface area contributed by atoms with Gasteiger partial charge in [0.25, 0.3) is 0 Å². The second-order valence-electron chi connectivity index (χ2n) is 7.15. The minimum absolute atomic E-state index is 0.113. The van der Waals surface area contributed by atoms with Gasteiger partial charge in [0, 0.05) is 6.20 Å². The summed E-state index contributed by atoms with van der Waals surface area (Å²) in [6, 6.07) is 0. The summed E-state index contributed by atoms with van der Waals surface area (Å²) in [5.74, 6) is -0.989. The Kier molecular flexibility index (Phi) is 12.6. The van der Waals surface area contributed by atoms with Crippen LogP contribution >= 0.6 is 11.6 Å². The number of hydrogen-bond acceptors (Lipinski definition) is 1. The van der Waals surface area contributed by atoms with E-state index < -0.39 is 5.97 Å². The molecule has 25 heavy (non-hydrogen) atoms. The number of aryl methyl sites for hydroxylation is 1. The van der Waals surface area contributed by atoms with Crippen molar-refractivity contribution in [1.82, 2.24) is 4.98 Å². The molecule has 0 amide bonds. The van der Waals surface area contributed by atoms with Crippen molar-refractivity contribution in [2.24, 2.45) is 0 Å². The second kappa shape index (κ2) is 14.2. The zero-order chi connectivity index (χ0) is 18.3. The van der Waals surface area contributed by atoms with Crippen molar-refractivity contribution in [1.29, 1.82) is 0 Å². The average Bonchev–Trinajstić information content (AvgIpc) is 2.96. The van der Waals surface area contributed by atoms with E-state index in [9.17, 15) is 4.79 Å². The Morgan fingerprint density at radius 3 is 1.72 bits per heavy atom. The third-order valence-electron chi connectivity index (χ3n) is 4.91. The Bertz CT molecular complexity index is 470. The maximum absolute atomic E-state index is 10.9. The molecule has 0 aliphatic heterocycles. The van der Waals surface area contributed by atoms with Crippen LogP contribution in [-0.2, 0) is 6.42 Å². The predicted molar refractivity (Wildman–Crippen MR) is 107 cm³/mol. The van der Waals surface area contributed by atoms with Gasteiger partial charge in [-0.1, -0.05) is 102 Å². The molecule has 1 aromatic heterocycles. The van der Waals surface area contributed by atoms with Crippen LogP contribution in [0.1, 0.15) is 113 Å². The first-order valence-corrected chi connectivity index (χ1v) is 10.6. The van der Waals surface area contributed by atoms with E-state index in [2.05, 4.69) is 11.9 Å². The van der Waals surface area contributed by atoms with Gasteiger partial charge in [0.1, 0.15) is 5.69 Å². The zero-order valence-electron chi connectivity index (χ0n) is 15.9. The van der Waals surface area contributed by atoms with Crippen LogP contribution in [0.25, 0.3) is 0 Å². The topological polar surface area (TPSA) is 53.1 Å². The van der Waals surface area contributed by atoms with Gasteiger partial charge in [0.15, 0.2) is 0 Å². The van der Waals surface area contributed by atoms with Crippen molar-refractivity contribution in [3.63, 3.8) is 0 Å². The van der Waals surface area contributed by atoms with E-state index >= 15 is 0 Å². The van der Waals surface area contributed by atoms with E-state index in [4.69, 9.17) is 16.7 Å². The molecule has 0 bridgehead atoms. The maximum Gasteiger partial charge on any atom is 0.353 e. The highest BCUT2D eigenvalue weighted by Gasteiger charge is 2.14. The highest BCUT2D eigenvalue weighted by Crippen LogP contribution is 2.23. The van der Waals surface area contributed by atoms with Gasteiger partial charge in [0.2, 0.25) is 0 Å². The average molecular weight is 370 g/mol. The predicted octanol–water partition coefficient (Wildman–Crippen LogP) is 7.39. The van der Waals surface area contributed by atoms with Crippen molar-refractivity contribution >= 4 is 17.6 Å². The molecule has 0 saturated heterocycles. The van der Waals surface area contributed by atoms with Gasteiger partial charge < -0.3 is 10.1 Å². The normalized spacial score (nSPS) is 11.1. The van der Waals surface area contributed by atoms with Gasteiger partial charge in [-0.2, -0.15) is 0 Å². The number of unbranched alkanes of at least 4 members (excludes halogenated alkanes) is 13. The number of aromatic amines is 1. The molecule has 0 unspecified atom stereocenters. The fourth-order valence-corrected chi connectivity index (χ4v) is 3.58. The van der Waals surface area contributed by atoms with Crippen LogP contribution in [0.2, 0.25) is 5.02 Å². The van der Waals surface area contributed by atoms with Crippen molar-refractivity contribution < 1.29 is 9.90 Å². The number of carboxylic acid groups (broad SMARTS) is 1. The molecule has 0 fully saturated rings. The highest BCUT2D eigenvalue weighted by molar-refractivity contribution is 6.34. The molecule has 0 radical (unpaired) electrons. The molecule has 1 heterocycles. The van der Waals surface area contributed by atoms with Gasteiger partial charge in [-0.15, -0.1) is 0 Å². The summed E-state index contributed by atoms with van der Waals surface area (Å²) in [7, 11) is 0. The molecule has 0 saturated carbocycles. The van der Waals surface area contributed by atoms with E-state index in [-0.39, 0.29) is 5.69 Å². The van der Waals surface area contributed by atoms with E-state index in [1.807, 2.05) is 0 Å². The van der Waals surface area contributed by atoms with E-state index in [0.717, 1.165) is 18.4 Å². The Labute approximate surface area is 158 Å². The number of aromatic carboxylic acids is 1. The summed E-state index contributed by atoms with van der Waals surface area (Å²) in [4.78, 5) is 13.7. The van der Waals surface area contributed by atoms with E-state index in [1.54, 1.807) is 6.20 Å². The van der Waals surface area contributed by atoms with E-state index in [1.165, 1.54) is 83.5 Å².